The molecule has 0 fully saturated rings. The Morgan fingerprint density at radius 1 is 1.62 bits per heavy atom. The third kappa shape index (κ3) is 4.13. The molecule has 0 rings (SSSR count). The van der Waals surface area contributed by atoms with E-state index >= 15 is 0 Å². The van der Waals surface area contributed by atoms with Crippen LogP contribution in [0.25, 0.3) is 0 Å². The third-order valence-corrected chi connectivity index (χ3v) is 1.36. The largest absolute Gasteiger partial charge is 0.102 e. The van der Waals surface area contributed by atoms with Crippen molar-refractivity contribution in [2.75, 3.05) is 0 Å². The van der Waals surface area contributed by atoms with Gasteiger partial charge in [-0.2, -0.15) is 0 Å². The van der Waals surface area contributed by atoms with Crippen LogP contribution in [0.5, 0.6) is 0 Å². The zero-order chi connectivity index (χ0) is 6.57. The van der Waals surface area contributed by atoms with E-state index in [-0.39, 0.29) is 0 Å². The van der Waals surface area contributed by atoms with E-state index in [1.807, 2.05) is 6.08 Å². The molecule has 8 heavy (non-hydrogen) atoms. The standard InChI is InChI=1S/C7H11Br/c1-4-7(8)5-6(2)3/h4-5,7H,1H2,2-3H3. The van der Waals surface area contributed by atoms with Gasteiger partial charge in [-0.3, -0.25) is 0 Å². The summed E-state index contributed by atoms with van der Waals surface area (Å²) in [6.45, 7) is 7.76. The Balaban J connectivity index is 3.68. The van der Waals surface area contributed by atoms with Crippen LogP contribution >= 0.6 is 15.9 Å². The number of alkyl halides is 1. The number of hydrogen-bond acceptors (Lipinski definition) is 0. The van der Waals surface area contributed by atoms with Crippen LogP contribution in [-0.4, -0.2) is 4.83 Å². The van der Waals surface area contributed by atoms with Crippen molar-refractivity contribution in [3.05, 3.63) is 24.3 Å². The van der Waals surface area contributed by atoms with Gasteiger partial charge < -0.3 is 0 Å². The Morgan fingerprint density at radius 2 is 2.12 bits per heavy atom. The van der Waals surface area contributed by atoms with Crippen LogP contribution in [0.1, 0.15) is 13.8 Å². The van der Waals surface area contributed by atoms with E-state index < -0.39 is 0 Å². The number of rotatable bonds is 2. The topological polar surface area (TPSA) is 0 Å². The maximum absolute atomic E-state index is 3.62. The molecule has 0 aliphatic heterocycles. The minimum atomic E-state index is 0.340. The normalized spacial score (nSPS) is 12.4. The SMILES string of the molecule is C=CC(Br)C=C(C)C. The van der Waals surface area contributed by atoms with Gasteiger partial charge in [0, 0.05) is 0 Å². The second kappa shape index (κ2) is 3.90. The van der Waals surface area contributed by atoms with Gasteiger partial charge in [0.15, 0.2) is 0 Å². The highest BCUT2D eigenvalue weighted by atomic mass is 79.9. The number of allylic oxidation sites excluding steroid dienone is 3. The summed E-state index contributed by atoms with van der Waals surface area (Å²) >= 11 is 3.38. The van der Waals surface area contributed by atoms with Gasteiger partial charge in [-0.25, -0.2) is 0 Å². The van der Waals surface area contributed by atoms with Crippen molar-refractivity contribution in [2.24, 2.45) is 0 Å². The summed E-state index contributed by atoms with van der Waals surface area (Å²) < 4.78 is 0. The second-order valence-corrected chi connectivity index (χ2v) is 2.98. The van der Waals surface area contributed by atoms with Gasteiger partial charge in [-0.05, 0) is 13.8 Å². The molecule has 1 atom stereocenters. The first-order chi connectivity index (χ1) is 3.66. The molecule has 0 amide bonds. The Morgan fingerprint density at radius 3 is 2.25 bits per heavy atom. The molecule has 0 N–H and O–H groups in total. The van der Waals surface area contributed by atoms with E-state index in [0.29, 0.717) is 4.83 Å². The molecule has 0 spiro atoms. The quantitative estimate of drug-likeness (QED) is 0.447. The van der Waals surface area contributed by atoms with Gasteiger partial charge in [0.1, 0.15) is 0 Å². The van der Waals surface area contributed by atoms with Crippen molar-refractivity contribution in [1.82, 2.24) is 0 Å². The van der Waals surface area contributed by atoms with E-state index in [2.05, 4.69) is 42.4 Å². The van der Waals surface area contributed by atoms with E-state index in [1.54, 1.807) is 0 Å². The minimum absolute atomic E-state index is 0.340. The molecule has 0 saturated carbocycles. The van der Waals surface area contributed by atoms with Crippen molar-refractivity contribution in [3.8, 4) is 0 Å². The average molecular weight is 175 g/mol. The van der Waals surface area contributed by atoms with Crippen LogP contribution in [0.15, 0.2) is 24.3 Å². The lowest BCUT2D eigenvalue weighted by Crippen LogP contribution is -1.83. The highest BCUT2D eigenvalue weighted by molar-refractivity contribution is 9.09. The lowest BCUT2D eigenvalue weighted by Gasteiger charge is -1.93. The maximum Gasteiger partial charge on any atom is 0.0505 e. The highest BCUT2D eigenvalue weighted by Crippen LogP contribution is 2.04. The van der Waals surface area contributed by atoms with Crippen LogP contribution in [0.2, 0.25) is 0 Å². The first-order valence-electron chi connectivity index (χ1n) is 2.58. The summed E-state index contributed by atoms with van der Waals surface area (Å²) in [5.74, 6) is 0. The second-order valence-electron chi connectivity index (χ2n) is 1.92. The first-order valence-corrected chi connectivity index (χ1v) is 3.50. The van der Waals surface area contributed by atoms with E-state index in [0.717, 1.165) is 0 Å². The zero-order valence-corrected chi connectivity index (χ0v) is 6.90. The number of hydrogen-bond donors (Lipinski definition) is 0. The van der Waals surface area contributed by atoms with Gasteiger partial charge in [-0.1, -0.05) is 33.7 Å². The molecular weight excluding hydrogens is 164 g/mol. The lowest BCUT2D eigenvalue weighted by molar-refractivity contribution is 1.31. The molecule has 0 heterocycles. The maximum atomic E-state index is 3.62. The van der Waals surface area contributed by atoms with Crippen LogP contribution in [0.3, 0.4) is 0 Å². The smallest absolute Gasteiger partial charge is 0.0505 e. The summed E-state index contributed by atoms with van der Waals surface area (Å²) in [5, 5.41) is 0. The molecule has 1 heteroatoms. The summed E-state index contributed by atoms with van der Waals surface area (Å²) in [6, 6.07) is 0. The van der Waals surface area contributed by atoms with Gasteiger partial charge in [0.05, 0.1) is 4.83 Å². The van der Waals surface area contributed by atoms with Gasteiger partial charge in [0.25, 0.3) is 0 Å². The van der Waals surface area contributed by atoms with Crippen LogP contribution in [-0.2, 0) is 0 Å². The molecule has 46 valence electrons. The Bertz CT molecular complexity index is 99.0. The molecule has 0 aliphatic carbocycles. The van der Waals surface area contributed by atoms with E-state index in [9.17, 15) is 0 Å². The molecule has 0 nitrogen and oxygen atoms in total. The summed E-state index contributed by atoms with van der Waals surface area (Å²) in [4.78, 5) is 0.340. The molecule has 0 aromatic heterocycles. The average Bonchev–Trinajstić information content (AvgIpc) is 1.65. The van der Waals surface area contributed by atoms with Gasteiger partial charge in [-0.15, -0.1) is 6.58 Å². The van der Waals surface area contributed by atoms with Crippen LogP contribution in [0, 0.1) is 0 Å². The molecule has 1 unspecified atom stereocenters. The zero-order valence-electron chi connectivity index (χ0n) is 5.32. The lowest BCUT2D eigenvalue weighted by atomic mass is 10.3. The fourth-order valence-corrected chi connectivity index (χ4v) is 0.915. The first kappa shape index (κ1) is 7.96. The fourth-order valence-electron chi connectivity index (χ4n) is 0.386. The van der Waals surface area contributed by atoms with Crippen LogP contribution in [0.4, 0.5) is 0 Å². The molecule has 0 aromatic carbocycles. The fraction of sp³-hybridized carbons (Fsp3) is 0.429. The Labute approximate surface area is 59.4 Å². The Hall–Kier alpha value is -0.0400. The molecule has 0 bridgehead atoms. The number of halogens is 1. The molecule has 0 saturated heterocycles. The summed E-state index contributed by atoms with van der Waals surface area (Å²) in [6.07, 6.45) is 3.96. The third-order valence-electron chi connectivity index (χ3n) is 0.718. The predicted octanol–water partition coefficient (Wildman–Crippen LogP) is 2.90. The monoisotopic (exact) mass is 174 g/mol. The van der Waals surface area contributed by atoms with Crippen molar-refractivity contribution in [1.29, 1.82) is 0 Å². The van der Waals surface area contributed by atoms with E-state index in [1.165, 1.54) is 5.57 Å². The van der Waals surface area contributed by atoms with Crippen molar-refractivity contribution < 1.29 is 0 Å². The van der Waals surface area contributed by atoms with Crippen molar-refractivity contribution in [2.45, 2.75) is 18.7 Å². The minimum Gasteiger partial charge on any atom is -0.102 e. The molecule has 0 radical (unpaired) electrons. The molecular formula is C7H11Br. The van der Waals surface area contributed by atoms with E-state index in [4.69, 9.17) is 0 Å². The predicted molar refractivity (Wildman–Crippen MR) is 42.3 cm³/mol. The summed E-state index contributed by atoms with van der Waals surface area (Å²) in [5.41, 5.74) is 1.31. The summed E-state index contributed by atoms with van der Waals surface area (Å²) in [7, 11) is 0. The molecule has 0 aliphatic rings. The van der Waals surface area contributed by atoms with Crippen molar-refractivity contribution in [3.63, 3.8) is 0 Å². The van der Waals surface area contributed by atoms with Gasteiger partial charge >= 0.3 is 0 Å². The van der Waals surface area contributed by atoms with Gasteiger partial charge in [0.2, 0.25) is 0 Å². The highest BCUT2D eigenvalue weighted by Gasteiger charge is 1.88. The molecule has 0 aromatic rings. The van der Waals surface area contributed by atoms with Crippen molar-refractivity contribution >= 4 is 15.9 Å². The van der Waals surface area contributed by atoms with Crippen LogP contribution < -0.4 is 0 Å². The Kier molecular flexibility index (Phi) is 3.88.